The summed E-state index contributed by atoms with van der Waals surface area (Å²) in [4.78, 5) is 0. The van der Waals surface area contributed by atoms with Crippen molar-refractivity contribution in [2.24, 2.45) is 40.9 Å². The van der Waals surface area contributed by atoms with Gasteiger partial charge in [0.25, 0.3) is 0 Å². The smallest absolute Gasteiger partial charge is 0.0354 e. The first-order valence-electron chi connectivity index (χ1n) is 12.6. The van der Waals surface area contributed by atoms with Crippen molar-refractivity contribution in [3.8, 4) is 0 Å². The van der Waals surface area contributed by atoms with E-state index in [1.165, 1.54) is 77.0 Å². The molecule has 4 rings (SSSR count). The van der Waals surface area contributed by atoms with Crippen molar-refractivity contribution in [3.05, 3.63) is 0 Å². The number of hydrogen-bond donors (Lipinski definition) is 0. The molecule has 4 aliphatic carbocycles. The molecule has 0 aromatic heterocycles. The van der Waals surface area contributed by atoms with Crippen LogP contribution in [-0.2, 0) is 0 Å². The summed E-state index contributed by atoms with van der Waals surface area (Å²) in [5, 5.41) is 0. The molecule has 0 heterocycles. The van der Waals surface area contributed by atoms with E-state index in [0.717, 1.165) is 35.5 Å². The highest BCUT2D eigenvalue weighted by atomic mass is 14.3. The van der Waals surface area contributed by atoms with E-state index in [1.807, 2.05) is 0 Å². The standard InChI is InChI=1S/C8H16.2C7H14.C5H10/c1-7-3-5-8(2)6-4-7;1-6-3-4-7(2)5-6;1-7(2)5-3-4-6-7;1-4-3-5(4)2/h7-8H,3-6H2,1-2H3;6-7H,3-5H2,1-2H3;3-6H2,1-2H3;4-5H,3H2,1-2H3. The zero-order chi connectivity index (χ0) is 20.4. The Hall–Kier alpha value is 0. The fourth-order valence-electron chi connectivity index (χ4n) is 4.76. The van der Waals surface area contributed by atoms with Crippen LogP contribution >= 0.6 is 0 Å². The van der Waals surface area contributed by atoms with Crippen molar-refractivity contribution in [3.63, 3.8) is 0 Å². The number of rotatable bonds is 0. The van der Waals surface area contributed by atoms with Gasteiger partial charge < -0.3 is 0 Å². The molecule has 0 aromatic rings. The van der Waals surface area contributed by atoms with E-state index in [2.05, 4.69) is 55.4 Å². The molecule has 162 valence electrons. The van der Waals surface area contributed by atoms with Crippen LogP contribution in [0.1, 0.15) is 132 Å². The third kappa shape index (κ3) is 13.0. The summed E-state index contributed by atoms with van der Waals surface area (Å²) in [6.07, 6.45) is 17.6. The second-order valence-corrected chi connectivity index (χ2v) is 12.0. The van der Waals surface area contributed by atoms with Crippen molar-refractivity contribution >= 4 is 0 Å². The summed E-state index contributed by atoms with van der Waals surface area (Å²) >= 11 is 0. The molecule has 0 aliphatic heterocycles. The first kappa shape index (κ1) is 25.0. The SMILES string of the molecule is CC1(C)CCCC1.CC1CC1C.CC1CCC(C)C1.CC1CCC(C)CC1. The van der Waals surface area contributed by atoms with E-state index in [9.17, 15) is 0 Å². The van der Waals surface area contributed by atoms with E-state index in [-0.39, 0.29) is 0 Å². The minimum atomic E-state index is 0.694. The van der Waals surface area contributed by atoms with Gasteiger partial charge in [-0.2, -0.15) is 0 Å². The molecule has 0 heteroatoms. The van der Waals surface area contributed by atoms with E-state index >= 15 is 0 Å². The second kappa shape index (κ2) is 12.5. The van der Waals surface area contributed by atoms with Crippen LogP contribution in [0.4, 0.5) is 0 Å². The van der Waals surface area contributed by atoms with E-state index in [1.54, 1.807) is 0 Å². The Labute approximate surface area is 173 Å². The van der Waals surface area contributed by atoms with Crippen LogP contribution in [0.3, 0.4) is 0 Å². The maximum atomic E-state index is 2.37. The van der Waals surface area contributed by atoms with Crippen LogP contribution in [-0.4, -0.2) is 0 Å². The lowest BCUT2D eigenvalue weighted by Crippen LogP contribution is -2.08. The summed E-state index contributed by atoms with van der Waals surface area (Å²) in [6, 6.07) is 0. The average Bonchev–Trinajstić information content (AvgIpc) is 2.95. The average molecular weight is 379 g/mol. The summed E-state index contributed by atoms with van der Waals surface area (Å²) in [5.74, 6) is 6.19. The van der Waals surface area contributed by atoms with Gasteiger partial charge in [-0.1, -0.05) is 107 Å². The molecule has 0 radical (unpaired) electrons. The Kier molecular flexibility index (Phi) is 11.6. The second-order valence-electron chi connectivity index (χ2n) is 12.0. The lowest BCUT2D eigenvalue weighted by molar-refractivity contribution is 0.308. The van der Waals surface area contributed by atoms with Gasteiger partial charge in [0, 0.05) is 0 Å². The normalized spacial score (nSPS) is 39.1. The van der Waals surface area contributed by atoms with Crippen LogP contribution in [0.2, 0.25) is 0 Å². The zero-order valence-corrected chi connectivity index (χ0v) is 20.4. The fourth-order valence-corrected chi connectivity index (χ4v) is 4.76. The molecular weight excluding hydrogens is 324 g/mol. The van der Waals surface area contributed by atoms with Gasteiger partial charge in [0.2, 0.25) is 0 Å². The Morgan fingerprint density at radius 1 is 0.481 bits per heavy atom. The maximum Gasteiger partial charge on any atom is -0.0354 e. The van der Waals surface area contributed by atoms with Crippen LogP contribution in [0.5, 0.6) is 0 Å². The van der Waals surface area contributed by atoms with Crippen LogP contribution in [0.15, 0.2) is 0 Å². The van der Waals surface area contributed by atoms with Gasteiger partial charge in [0.1, 0.15) is 0 Å². The predicted octanol–water partition coefficient (Wildman–Crippen LogP) is 9.52. The Bertz CT molecular complexity index is 328. The zero-order valence-electron chi connectivity index (χ0n) is 20.4. The molecule has 0 spiro atoms. The molecule has 0 bridgehead atoms. The van der Waals surface area contributed by atoms with E-state index in [4.69, 9.17) is 0 Å². The summed E-state index contributed by atoms with van der Waals surface area (Å²) < 4.78 is 0. The molecule has 4 unspecified atom stereocenters. The monoisotopic (exact) mass is 378 g/mol. The molecule has 0 amide bonds. The first-order valence-corrected chi connectivity index (χ1v) is 12.6. The Morgan fingerprint density at radius 3 is 0.926 bits per heavy atom. The maximum absolute atomic E-state index is 2.37. The topological polar surface area (TPSA) is 0 Å². The summed E-state index contributed by atoms with van der Waals surface area (Å²) in [6.45, 7) is 18.8. The molecule has 4 atom stereocenters. The van der Waals surface area contributed by atoms with E-state index < -0.39 is 0 Å². The molecular formula is C27H54. The van der Waals surface area contributed by atoms with Gasteiger partial charge in [-0.25, -0.2) is 0 Å². The molecule has 4 saturated carbocycles. The fraction of sp³-hybridized carbons (Fsp3) is 1.00. The van der Waals surface area contributed by atoms with Gasteiger partial charge in [-0.15, -0.1) is 0 Å². The highest BCUT2D eigenvalue weighted by molar-refractivity contribution is 4.76. The minimum Gasteiger partial charge on any atom is -0.0625 e. The molecule has 27 heavy (non-hydrogen) atoms. The Morgan fingerprint density at radius 2 is 0.778 bits per heavy atom. The molecule has 0 nitrogen and oxygen atoms in total. The predicted molar refractivity (Wildman–Crippen MR) is 124 cm³/mol. The first-order chi connectivity index (χ1) is 12.6. The third-order valence-corrected chi connectivity index (χ3v) is 7.73. The van der Waals surface area contributed by atoms with Crippen LogP contribution in [0, 0.1) is 40.9 Å². The minimum absolute atomic E-state index is 0.694. The van der Waals surface area contributed by atoms with Gasteiger partial charge in [-0.05, 0) is 66.6 Å². The summed E-state index contributed by atoms with van der Waals surface area (Å²) in [5.41, 5.74) is 0.694. The molecule has 4 aliphatic rings. The lowest BCUT2D eigenvalue weighted by atomic mass is 9.84. The highest BCUT2D eigenvalue weighted by Gasteiger charge is 2.26. The third-order valence-electron chi connectivity index (χ3n) is 7.73. The van der Waals surface area contributed by atoms with Crippen molar-refractivity contribution in [1.82, 2.24) is 0 Å². The van der Waals surface area contributed by atoms with Crippen molar-refractivity contribution in [2.45, 2.75) is 132 Å². The van der Waals surface area contributed by atoms with Crippen molar-refractivity contribution in [2.75, 3.05) is 0 Å². The highest BCUT2D eigenvalue weighted by Crippen LogP contribution is 2.36. The molecule has 0 aromatic carbocycles. The van der Waals surface area contributed by atoms with Gasteiger partial charge in [-0.3, -0.25) is 0 Å². The van der Waals surface area contributed by atoms with Crippen molar-refractivity contribution in [1.29, 1.82) is 0 Å². The lowest BCUT2D eigenvalue weighted by Gasteiger charge is -2.22. The van der Waals surface area contributed by atoms with Crippen molar-refractivity contribution < 1.29 is 0 Å². The van der Waals surface area contributed by atoms with Crippen LogP contribution < -0.4 is 0 Å². The molecule has 0 saturated heterocycles. The Balaban J connectivity index is 0.000000182. The van der Waals surface area contributed by atoms with Crippen LogP contribution in [0.25, 0.3) is 0 Å². The molecule has 0 N–H and O–H groups in total. The molecule has 4 fully saturated rings. The van der Waals surface area contributed by atoms with Gasteiger partial charge in [0.15, 0.2) is 0 Å². The number of hydrogen-bond acceptors (Lipinski definition) is 0. The largest absolute Gasteiger partial charge is 0.0625 e. The van der Waals surface area contributed by atoms with Gasteiger partial charge in [0.05, 0.1) is 0 Å². The van der Waals surface area contributed by atoms with Gasteiger partial charge >= 0.3 is 0 Å². The summed E-state index contributed by atoms with van der Waals surface area (Å²) in [7, 11) is 0. The quantitative estimate of drug-likeness (QED) is 0.393. The van der Waals surface area contributed by atoms with E-state index in [0.29, 0.717) is 5.41 Å².